The highest BCUT2D eigenvalue weighted by atomic mass is 35.5. The third kappa shape index (κ3) is 4.10. The molecule has 1 amide bonds. The van der Waals surface area contributed by atoms with E-state index in [0.717, 1.165) is 12.8 Å². The van der Waals surface area contributed by atoms with Crippen molar-refractivity contribution in [3.8, 4) is 0 Å². The average molecular weight is 317 g/mol. The number of anilines is 1. The van der Waals surface area contributed by atoms with Crippen molar-refractivity contribution in [3.05, 3.63) is 27.7 Å². The van der Waals surface area contributed by atoms with Crippen molar-refractivity contribution in [3.63, 3.8) is 0 Å². The highest BCUT2D eigenvalue weighted by Gasteiger charge is 2.21. The summed E-state index contributed by atoms with van der Waals surface area (Å²) in [6, 6.07) is 3.18. The van der Waals surface area contributed by atoms with E-state index < -0.39 is 5.97 Å². The van der Waals surface area contributed by atoms with Crippen LogP contribution in [0.1, 0.15) is 29.6 Å². The number of aromatic carboxylic acids is 1. The van der Waals surface area contributed by atoms with E-state index in [1.807, 2.05) is 0 Å². The molecule has 0 saturated heterocycles. The van der Waals surface area contributed by atoms with E-state index in [4.69, 9.17) is 28.3 Å². The highest BCUT2D eigenvalue weighted by molar-refractivity contribution is 6.37. The summed E-state index contributed by atoms with van der Waals surface area (Å²) in [5.41, 5.74) is -0.0361. The Balaban J connectivity index is 2.03. The number of rotatable bonds is 6. The Morgan fingerprint density at radius 1 is 1.30 bits per heavy atom. The fourth-order valence-electron chi connectivity index (χ4n) is 1.75. The second-order valence-corrected chi connectivity index (χ2v) is 5.49. The zero-order valence-electron chi connectivity index (χ0n) is 10.6. The van der Waals surface area contributed by atoms with Gasteiger partial charge in [-0.15, -0.1) is 0 Å². The quantitative estimate of drug-likeness (QED) is 0.754. The standard InChI is InChI=1S/C13H14Cl2N2O3/c14-7-5-9(13(19)20)12(10(15)6-7)17-11(18)3-4-16-8-1-2-8/h5-6,8,16H,1-4H2,(H,17,18)(H,19,20). The largest absolute Gasteiger partial charge is 0.478 e. The van der Waals surface area contributed by atoms with Crippen LogP contribution in [0.5, 0.6) is 0 Å². The lowest BCUT2D eigenvalue weighted by molar-refractivity contribution is -0.116. The predicted octanol–water partition coefficient (Wildman–Crippen LogP) is 2.77. The first-order valence-corrected chi connectivity index (χ1v) is 6.98. The van der Waals surface area contributed by atoms with Gasteiger partial charge in [0, 0.05) is 24.0 Å². The summed E-state index contributed by atoms with van der Waals surface area (Å²) in [5, 5.41) is 15.2. The Kier molecular flexibility index (Phi) is 4.86. The number of carboxylic acid groups (broad SMARTS) is 1. The number of carboxylic acids is 1. The van der Waals surface area contributed by atoms with Gasteiger partial charge in [0.1, 0.15) is 0 Å². The van der Waals surface area contributed by atoms with Crippen molar-refractivity contribution < 1.29 is 14.7 Å². The number of nitrogens with one attached hydrogen (secondary N) is 2. The molecule has 0 bridgehead atoms. The molecule has 2 rings (SSSR count). The first kappa shape index (κ1) is 15.1. The molecule has 0 atom stereocenters. The Hall–Kier alpha value is -1.30. The molecule has 1 aliphatic carbocycles. The molecule has 1 aliphatic rings. The minimum absolute atomic E-state index is 0.0833. The SMILES string of the molecule is O=C(CCNC1CC1)Nc1c(Cl)cc(Cl)cc1C(=O)O. The molecule has 0 aromatic heterocycles. The summed E-state index contributed by atoms with van der Waals surface area (Å²) in [6.45, 7) is 0.560. The number of benzene rings is 1. The van der Waals surface area contributed by atoms with E-state index in [1.165, 1.54) is 12.1 Å². The second-order valence-electron chi connectivity index (χ2n) is 4.64. The molecule has 20 heavy (non-hydrogen) atoms. The Labute approximate surface area is 126 Å². The predicted molar refractivity (Wildman–Crippen MR) is 77.7 cm³/mol. The van der Waals surface area contributed by atoms with Gasteiger partial charge in [0.05, 0.1) is 16.3 Å². The number of halogens is 2. The lowest BCUT2D eigenvalue weighted by Crippen LogP contribution is -2.24. The van der Waals surface area contributed by atoms with Gasteiger partial charge in [-0.25, -0.2) is 4.79 Å². The van der Waals surface area contributed by atoms with Gasteiger partial charge >= 0.3 is 5.97 Å². The number of hydrogen-bond acceptors (Lipinski definition) is 3. The van der Waals surface area contributed by atoms with Crippen molar-refractivity contribution in [2.75, 3.05) is 11.9 Å². The van der Waals surface area contributed by atoms with Gasteiger partial charge in [-0.1, -0.05) is 23.2 Å². The molecule has 1 saturated carbocycles. The van der Waals surface area contributed by atoms with E-state index in [2.05, 4.69) is 10.6 Å². The van der Waals surface area contributed by atoms with Crippen LogP contribution in [-0.2, 0) is 4.79 Å². The van der Waals surface area contributed by atoms with Gasteiger partial charge in [0.25, 0.3) is 0 Å². The van der Waals surface area contributed by atoms with Gasteiger partial charge in [-0.05, 0) is 25.0 Å². The summed E-state index contributed by atoms with van der Waals surface area (Å²) in [7, 11) is 0. The maximum absolute atomic E-state index is 11.8. The molecule has 0 unspecified atom stereocenters. The van der Waals surface area contributed by atoms with Crippen LogP contribution in [0.25, 0.3) is 0 Å². The lowest BCUT2D eigenvalue weighted by Gasteiger charge is -2.11. The van der Waals surface area contributed by atoms with Crippen LogP contribution in [0, 0.1) is 0 Å². The molecule has 0 heterocycles. The minimum Gasteiger partial charge on any atom is -0.478 e. The zero-order valence-corrected chi connectivity index (χ0v) is 12.1. The van der Waals surface area contributed by atoms with Crippen LogP contribution in [0.3, 0.4) is 0 Å². The maximum atomic E-state index is 11.8. The van der Waals surface area contributed by atoms with Crippen molar-refractivity contribution >= 4 is 40.8 Å². The average Bonchev–Trinajstić information content (AvgIpc) is 3.16. The van der Waals surface area contributed by atoms with Crippen LogP contribution in [0.4, 0.5) is 5.69 Å². The number of hydrogen-bond donors (Lipinski definition) is 3. The second kappa shape index (κ2) is 6.43. The molecular weight excluding hydrogens is 303 g/mol. The van der Waals surface area contributed by atoms with E-state index >= 15 is 0 Å². The Bertz CT molecular complexity index is 545. The molecule has 5 nitrogen and oxygen atoms in total. The van der Waals surface area contributed by atoms with Crippen LogP contribution < -0.4 is 10.6 Å². The lowest BCUT2D eigenvalue weighted by atomic mass is 10.1. The number of carbonyl (C=O) groups is 2. The maximum Gasteiger partial charge on any atom is 0.337 e. The highest BCUT2D eigenvalue weighted by Crippen LogP contribution is 2.30. The van der Waals surface area contributed by atoms with Gasteiger partial charge in [0.15, 0.2) is 0 Å². The Morgan fingerprint density at radius 2 is 2.00 bits per heavy atom. The van der Waals surface area contributed by atoms with Crippen molar-refractivity contribution in [1.29, 1.82) is 0 Å². The molecule has 3 N–H and O–H groups in total. The molecule has 1 aromatic carbocycles. The van der Waals surface area contributed by atoms with Crippen molar-refractivity contribution in [2.24, 2.45) is 0 Å². The molecule has 1 fully saturated rings. The zero-order chi connectivity index (χ0) is 14.7. The molecule has 0 radical (unpaired) electrons. The summed E-state index contributed by atoms with van der Waals surface area (Å²) in [5.74, 6) is -1.48. The normalized spacial score (nSPS) is 14.1. The molecule has 0 aliphatic heterocycles. The van der Waals surface area contributed by atoms with Crippen LogP contribution in [-0.4, -0.2) is 29.6 Å². The summed E-state index contributed by atoms with van der Waals surface area (Å²) >= 11 is 11.7. The molecule has 7 heteroatoms. The van der Waals surface area contributed by atoms with Crippen LogP contribution in [0.15, 0.2) is 12.1 Å². The van der Waals surface area contributed by atoms with Gasteiger partial charge < -0.3 is 15.7 Å². The van der Waals surface area contributed by atoms with E-state index in [-0.39, 0.29) is 33.6 Å². The van der Waals surface area contributed by atoms with Crippen molar-refractivity contribution in [2.45, 2.75) is 25.3 Å². The molecule has 108 valence electrons. The summed E-state index contributed by atoms with van der Waals surface area (Å²) in [4.78, 5) is 22.9. The van der Waals surface area contributed by atoms with Gasteiger partial charge in [0.2, 0.25) is 5.91 Å². The minimum atomic E-state index is -1.19. The number of carbonyl (C=O) groups excluding carboxylic acids is 1. The van der Waals surface area contributed by atoms with Gasteiger partial charge in [-0.3, -0.25) is 4.79 Å². The van der Waals surface area contributed by atoms with Crippen LogP contribution >= 0.6 is 23.2 Å². The fourth-order valence-corrected chi connectivity index (χ4v) is 2.29. The molecular formula is C13H14Cl2N2O3. The molecule has 0 spiro atoms. The Morgan fingerprint density at radius 3 is 2.60 bits per heavy atom. The third-order valence-corrected chi connectivity index (χ3v) is 3.43. The molecule has 1 aromatic rings. The smallest absolute Gasteiger partial charge is 0.337 e. The van der Waals surface area contributed by atoms with E-state index in [9.17, 15) is 9.59 Å². The fraction of sp³-hybridized carbons (Fsp3) is 0.385. The topological polar surface area (TPSA) is 78.4 Å². The summed E-state index contributed by atoms with van der Waals surface area (Å²) < 4.78 is 0. The first-order valence-electron chi connectivity index (χ1n) is 6.23. The monoisotopic (exact) mass is 316 g/mol. The van der Waals surface area contributed by atoms with Gasteiger partial charge in [-0.2, -0.15) is 0 Å². The third-order valence-electron chi connectivity index (χ3n) is 2.91. The van der Waals surface area contributed by atoms with Crippen molar-refractivity contribution in [1.82, 2.24) is 5.32 Å². The number of amides is 1. The first-order chi connectivity index (χ1) is 9.47. The van der Waals surface area contributed by atoms with E-state index in [0.29, 0.717) is 12.6 Å². The van der Waals surface area contributed by atoms with E-state index in [1.54, 1.807) is 0 Å². The summed E-state index contributed by atoms with van der Waals surface area (Å²) in [6.07, 6.45) is 2.55. The van der Waals surface area contributed by atoms with Crippen LogP contribution in [0.2, 0.25) is 10.0 Å².